The number of anilines is 1. The van der Waals surface area contributed by atoms with E-state index in [4.69, 9.17) is 4.98 Å². The van der Waals surface area contributed by atoms with Gasteiger partial charge in [0.2, 0.25) is 0 Å². The number of hydrogen-bond donors (Lipinski definition) is 0. The molecule has 6 rings (SSSR count). The van der Waals surface area contributed by atoms with Crippen LogP contribution in [0.3, 0.4) is 0 Å². The van der Waals surface area contributed by atoms with Crippen LogP contribution in [0.5, 0.6) is 0 Å². The molecule has 1 aliphatic carbocycles. The van der Waals surface area contributed by atoms with Gasteiger partial charge in [0, 0.05) is 51.2 Å². The maximum Gasteiger partial charge on any atom is 0.138 e. The number of imidazole rings is 1. The molecule has 3 aromatic heterocycles. The van der Waals surface area contributed by atoms with Gasteiger partial charge in [0.05, 0.1) is 17.4 Å². The Morgan fingerprint density at radius 1 is 0.900 bits per heavy atom. The molecule has 0 N–H and O–H groups in total. The topological polar surface area (TPSA) is 39.9 Å². The molecular formula is C24H30N6. The summed E-state index contributed by atoms with van der Waals surface area (Å²) in [4.78, 5) is 17.6. The molecule has 0 aromatic carbocycles. The first-order valence-corrected chi connectivity index (χ1v) is 11.5. The third kappa shape index (κ3) is 3.38. The van der Waals surface area contributed by atoms with Crippen LogP contribution in [0, 0.1) is 0 Å². The molecule has 6 heteroatoms. The summed E-state index contributed by atoms with van der Waals surface area (Å²) in [6, 6.07) is 13.9. The second-order valence-electron chi connectivity index (χ2n) is 8.95. The van der Waals surface area contributed by atoms with E-state index in [0.29, 0.717) is 6.04 Å². The molecule has 1 unspecified atom stereocenters. The fraction of sp³-hybridized carbons (Fsp3) is 0.500. The van der Waals surface area contributed by atoms with Crippen LogP contribution in [0.2, 0.25) is 0 Å². The third-order valence-electron chi connectivity index (χ3n) is 7.00. The highest BCUT2D eigenvalue weighted by Gasteiger charge is 2.33. The van der Waals surface area contributed by atoms with Gasteiger partial charge < -0.3 is 4.90 Å². The SMILES string of the molecule is c1ccc(C2CCCN2Cc2nc3ccccn3c2N2CCN(C3CC3)CC2)nc1. The average molecular weight is 403 g/mol. The summed E-state index contributed by atoms with van der Waals surface area (Å²) in [5.41, 5.74) is 3.46. The monoisotopic (exact) mass is 402 g/mol. The Morgan fingerprint density at radius 3 is 2.57 bits per heavy atom. The Hall–Kier alpha value is -2.44. The lowest BCUT2D eigenvalue weighted by Gasteiger charge is -2.36. The minimum Gasteiger partial charge on any atom is -0.354 e. The van der Waals surface area contributed by atoms with Crippen molar-refractivity contribution in [1.29, 1.82) is 0 Å². The Morgan fingerprint density at radius 2 is 1.77 bits per heavy atom. The van der Waals surface area contributed by atoms with Crippen LogP contribution in [-0.2, 0) is 6.54 Å². The average Bonchev–Trinajstić information content (AvgIpc) is 3.44. The van der Waals surface area contributed by atoms with Crippen LogP contribution < -0.4 is 4.90 Å². The molecule has 1 saturated carbocycles. The molecular weight excluding hydrogens is 372 g/mol. The van der Waals surface area contributed by atoms with Crippen molar-refractivity contribution >= 4 is 11.5 Å². The van der Waals surface area contributed by atoms with Crippen molar-refractivity contribution < 1.29 is 0 Å². The fourth-order valence-electron chi connectivity index (χ4n) is 5.33. The number of piperazine rings is 1. The van der Waals surface area contributed by atoms with Gasteiger partial charge in [-0.25, -0.2) is 4.98 Å². The highest BCUT2D eigenvalue weighted by Crippen LogP contribution is 2.35. The van der Waals surface area contributed by atoms with Gasteiger partial charge in [-0.1, -0.05) is 12.1 Å². The molecule has 3 aromatic rings. The van der Waals surface area contributed by atoms with Crippen LogP contribution in [-0.4, -0.2) is 62.9 Å². The van der Waals surface area contributed by atoms with E-state index in [2.05, 4.69) is 60.6 Å². The fourth-order valence-corrected chi connectivity index (χ4v) is 5.33. The second kappa shape index (κ2) is 7.67. The number of hydrogen-bond acceptors (Lipinski definition) is 5. The molecule has 1 atom stereocenters. The number of aromatic nitrogens is 3. The standard InChI is InChI=1S/C24H30N6/c1-3-11-25-20(6-1)22-7-5-12-29(22)18-21-24(30-13-4-2-8-23(30)26-21)28-16-14-27(15-17-28)19-9-10-19/h1-4,6,8,11,13,19,22H,5,7,9-10,12,14-18H2. The van der Waals surface area contributed by atoms with E-state index in [1.54, 1.807) is 0 Å². The van der Waals surface area contributed by atoms with Crippen molar-refractivity contribution in [3.8, 4) is 0 Å². The molecule has 156 valence electrons. The van der Waals surface area contributed by atoms with E-state index < -0.39 is 0 Å². The normalized spacial score (nSPS) is 23.5. The molecule has 0 bridgehead atoms. The van der Waals surface area contributed by atoms with Crippen molar-refractivity contribution in [3.05, 3.63) is 60.2 Å². The van der Waals surface area contributed by atoms with Gasteiger partial charge in [-0.3, -0.25) is 19.2 Å². The highest BCUT2D eigenvalue weighted by atomic mass is 15.3. The molecule has 6 nitrogen and oxygen atoms in total. The summed E-state index contributed by atoms with van der Waals surface area (Å²) in [6.45, 7) is 6.53. The summed E-state index contributed by atoms with van der Waals surface area (Å²) >= 11 is 0. The van der Waals surface area contributed by atoms with Crippen molar-refractivity contribution in [2.75, 3.05) is 37.6 Å². The van der Waals surface area contributed by atoms with E-state index in [1.807, 2.05) is 12.3 Å². The van der Waals surface area contributed by atoms with E-state index in [-0.39, 0.29) is 0 Å². The molecule has 30 heavy (non-hydrogen) atoms. The zero-order valence-electron chi connectivity index (χ0n) is 17.5. The summed E-state index contributed by atoms with van der Waals surface area (Å²) < 4.78 is 2.30. The molecule has 0 spiro atoms. The van der Waals surface area contributed by atoms with E-state index >= 15 is 0 Å². The Bertz CT molecular complexity index is 1000. The molecule has 0 radical (unpaired) electrons. The Labute approximate surface area is 178 Å². The largest absolute Gasteiger partial charge is 0.354 e. The molecule has 0 amide bonds. The van der Waals surface area contributed by atoms with Crippen LogP contribution in [0.4, 0.5) is 5.82 Å². The molecule has 3 fully saturated rings. The first-order chi connectivity index (χ1) is 14.9. The smallest absolute Gasteiger partial charge is 0.138 e. The van der Waals surface area contributed by atoms with Crippen LogP contribution in [0.15, 0.2) is 48.8 Å². The first-order valence-electron chi connectivity index (χ1n) is 11.5. The summed E-state index contributed by atoms with van der Waals surface area (Å²) in [6.07, 6.45) is 9.29. The van der Waals surface area contributed by atoms with Gasteiger partial charge in [0.25, 0.3) is 0 Å². The van der Waals surface area contributed by atoms with Crippen LogP contribution >= 0.6 is 0 Å². The van der Waals surface area contributed by atoms with Crippen molar-refractivity contribution in [3.63, 3.8) is 0 Å². The zero-order valence-corrected chi connectivity index (χ0v) is 17.5. The number of rotatable bonds is 5. The Kier molecular flexibility index (Phi) is 4.69. The lowest BCUT2D eigenvalue weighted by atomic mass is 10.1. The van der Waals surface area contributed by atoms with Gasteiger partial charge >= 0.3 is 0 Å². The predicted octanol–water partition coefficient (Wildman–Crippen LogP) is 3.35. The minimum absolute atomic E-state index is 0.399. The number of pyridine rings is 2. The van der Waals surface area contributed by atoms with Gasteiger partial charge in [0.15, 0.2) is 0 Å². The van der Waals surface area contributed by atoms with E-state index in [9.17, 15) is 0 Å². The van der Waals surface area contributed by atoms with Gasteiger partial charge in [-0.05, 0) is 56.5 Å². The summed E-state index contributed by atoms with van der Waals surface area (Å²) in [5, 5.41) is 0. The summed E-state index contributed by atoms with van der Waals surface area (Å²) in [7, 11) is 0. The van der Waals surface area contributed by atoms with Crippen molar-refractivity contribution in [2.24, 2.45) is 0 Å². The summed E-state index contributed by atoms with van der Waals surface area (Å²) in [5.74, 6) is 1.30. The van der Waals surface area contributed by atoms with Crippen LogP contribution in [0.25, 0.3) is 5.65 Å². The van der Waals surface area contributed by atoms with E-state index in [0.717, 1.165) is 37.9 Å². The lowest BCUT2D eigenvalue weighted by molar-refractivity contribution is 0.238. The van der Waals surface area contributed by atoms with Crippen LogP contribution in [0.1, 0.15) is 43.1 Å². The highest BCUT2D eigenvalue weighted by molar-refractivity contribution is 5.57. The van der Waals surface area contributed by atoms with Gasteiger partial charge in [-0.15, -0.1) is 0 Å². The molecule has 5 heterocycles. The van der Waals surface area contributed by atoms with Gasteiger partial charge in [-0.2, -0.15) is 0 Å². The van der Waals surface area contributed by atoms with Gasteiger partial charge in [0.1, 0.15) is 11.5 Å². The minimum atomic E-state index is 0.399. The third-order valence-corrected chi connectivity index (χ3v) is 7.00. The number of fused-ring (bicyclic) bond motifs is 1. The second-order valence-corrected chi connectivity index (χ2v) is 8.95. The number of likely N-dealkylation sites (tertiary alicyclic amines) is 1. The lowest BCUT2D eigenvalue weighted by Crippen LogP contribution is -2.48. The van der Waals surface area contributed by atoms with Crippen molar-refractivity contribution in [2.45, 2.75) is 44.3 Å². The maximum atomic E-state index is 5.09. The molecule has 3 aliphatic rings. The van der Waals surface area contributed by atoms with E-state index in [1.165, 1.54) is 56.0 Å². The maximum absolute atomic E-state index is 5.09. The first kappa shape index (κ1) is 18.3. The quantitative estimate of drug-likeness (QED) is 0.655. The Balaban J connectivity index is 1.29. The number of nitrogens with zero attached hydrogens (tertiary/aromatic N) is 6. The van der Waals surface area contributed by atoms with Crippen molar-refractivity contribution in [1.82, 2.24) is 24.2 Å². The molecule has 2 saturated heterocycles. The molecule has 2 aliphatic heterocycles. The zero-order chi connectivity index (χ0) is 19.9. The predicted molar refractivity (Wildman–Crippen MR) is 119 cm³/mol.